The van der Waals surface area contributed by atoms with Crippen molar-refractivity contribution < 1.29 is 30.0 Å². The largest absolute Gasteiger partial charge is 0.508 e. The summed E-state index contributed by atoms with van der Waals surface area (Å²) in [6, 6.07) is 10.7. The molecule has 4 N–H and O–H groups in total. The number of thiazole rings is 1. The van der Waals surface area contributed by atoms with Crippen molar-refractivity contribution in [1.82, 2.24) is 4.57 Å². The molecule has 3 aromatic rings. The van der Waals surface area contributed by atoms with E-state index in [2.05, 4.69) is 0 Å². The number of hydrogen-bond acceptors (Lipinski definition) is 6. The lowest BCUT2D eigenvalue weighted by Crippen LogP contribution is -2.39. The lowest BCUT2D eigenvalue weighted by Gasteiger charge is -2.11. The molecule has 0 amide bonds. The van der Waals surface area contributed by atoms with E-state index in [1.165, 1.54) is 30.4 Å². The van der Waals surface area contributed by atoms with Gasteiger partial charge in [-0.25, -0.2) is 4.79 Å². The number of benzene rings is 2. The average molecular weight is 427 g/mol. The fourth-order valence-corrected chi connectivity index (χ4v) is 3.93. The lowest BCUT2D eigenvalue weighted by molar-refractivity contribution is -0.147. The van der Waals surface area contributed by atoms with E-state index < -0.39 is 30.0 Å². The number of carbonyl (C=O) groups is 2. The summed E-state index contributed by atoms with van der Waals surface area (Å²) in [7, 11) is 0. The summed E-state index contributed by atoms with van der Waals surface area (Å²) >= 11 is 0.971. The van der Waals surface area contributed by atoms with Crippen molar-refractivity contribution in [1.29, 1.82) is 0 Å². The smallest absolute Gasteiger partial charge is 0.327 e. The van der Waals surface area contributed by atoms with Gasteiger partial charge in [0.1, 0.15) is 22.2 Å². The molecule has 3 rings (SSSR count). The van der Waals surface area contributed by atoms with Gasteiger partial charge in [-0.1, -0.05) is 30.3 Å². The standard InChI is InChI=1S/C21H17NO7S/c23-14-7-5-12(6-8-14)9-17-20(27)22(15(21(28)29)11-19(25)26)18(30-17)10-13-3-1-2-4-16(13)24/h1-10,15,23-24H,11H2,(H,25,26)(H,28,29). The predicted octanol–water partition coefficient (Wildman–Crippen LogP) is 1.08. The Morgan fingerprint density at radius 3 is 2.27 bits per heavy atom. The summed E-state index contributed by atoms with van der Waals surface area (Å²) in [6.45, 7) is 0. The average Bonchev–Trinajstić information content (AvgIpc) is 2.98. The predicted molar refractivity (Wildman–Crippen MR) is 110 cm³/mol. The number of phenols is 2. The molecule has 1 aromatic heterocycles. The normalized spacial score (nSPS) is 13.3. The molecule has 0 saturated heterocycles. The Morgan fingerprint density at radius 1 is 1.00 bits per heavy atom. The zero-order chi connectivity index (χ0) is 21.8. The summed E-state index contributed by atoms with van der Waals surface area (Å²) in [5.41, 5.74) is 0.282. The third-order valence-corrected chi connectivity index (χ3v) is 5.29. The van der Waals surface area contributed by atoms with Crippen LogP contribution in [0.1, 0.15) is 23.6 Å². The second kappa shape index (κ2) is 8.66. The van der Waals surface area contributed by atoms with E-state index >= 15 is 0 Å². The highest BCUT2D eigenvalue weighted by atomic mass is 32.1. The van der Waals surface area contributed by atoms with Crippen molar-refractivity contribution in [2.45, 2.75) is 12.5 Å². The lowest BCUT2D eigenvalue weighted by atomic mass is 10.2. The van der Waals surface area contributed by atoms with Crippen LogP contribution in [0.25, 0.3) is 12.2 Å². The van der Waals surface area contributed by atoms with Crippen LogP contribution in [0.5, 0.6) is 11.5 Å². The van der Waals surface area contributed by atoms with Crippen LogP contribution in [0.2, 0.25) is 0 Å². The van der Waals surface area contributed by atoms with Gasteiger partial charge in [-0.3, -0.25) is 14.2 Å². The number of nitrogens with zero attached hydrogens (tertiary/aromatic N) is 1. The van der Waals surface area contributed by atoms with Gasteiger partial charge < -0.3 is 20.4 Å². The number of aromatic hydroxyl groups is 2. The molecule has 0 aliphatic rings. The SMILES string of the molecule is O=C(O)CC(C(=O)O)n1c(=Cc2ccccc2O)sc(=Cc2ccc(O)cc2)c1=O. The second-order valence-electron chi connectivity index (χ2n) is 6.37. The molecule has 0 aliphatic carbocycles. The number of aromatic nitrogens is 1. The van der Waals surface area contributed by atoms with E-state index in [-0.39, 0.29) is 20.7 Å². The Morgan fingerprint density at radius 2 is 1.67 bits per heavy atom. The molecule has 154 valence electrons. The number of rotatable bonds is 6. The highest BCUT2D eigenvalue weighted by Crippen LogP contribution is 2.16. The molecular formula is C21H17NO7S. The van der Waals surface area contributed by atoms with E-state index in [0.29, 0.717) is 11.1 Å². The van der Waals surface area contributed by atoms with Crippen LogP contribution in [0.15, 0.2) is 53.3 Å². The number of aliphatic carboxylic acids is 2. The first-order chi connectivity index (χ1) is 14.3. The number of carboxylic acid groups (broad SMARTS) is 2. The van der Waals surface area contributed by atoms with Gasteiger partial charge in [-0.05, 0) is 35.9 Å². The summed E-state index contributed by atoms with van der Waals surface area (Å²) in [5.74, 6) is -2.84. The summed E-state index contributed by atoms with van der Waals surface area (Å²) in [6.07, 6.45) is 2.17. The van der Waals surface area contributed by atoms with E-state index in [1.54, 1.807) is 30.3 Å². The summed E-state index contributed by atoms with van der Waals surface area (Å²) < 4.78 is 1.28. The van der Waals surface area contributed by atoms with Crippen molar-refractivity contribution >= 4 is 35.4 Å². The zero-order valence-electron chi connectivity index (χ0n) is 15.4. The minimum Gasteiger partial charge on any atom is -0.508 e. The Hall–Kier alpha value is -3.85. The molecule has 0 radical (unpaired) electrons. The highest BCUT2D eigenvalue weighted by Gasteiger charge is 2.26. The van der Waals surface area contributed by atoms with Crippen molar-refractivity contribution in [3.63, 3.8) is 0 Å². The van der Waals surface area contributed by atoms with E-state index in [1.807, 2.05) is 0 Å². The third-order valence-electron chi connectivity index (χ3n) is 4.25. The van der Waals surface area contributed by atoms with Gasteiger partial charge in [-0.15, -0.1) is 11.3 Å². The molecule has 8 nitrogen and oxygen atoms in total. The molecule has 1 heterocycles. The zero-order valence-corrected chi connectivity index (χ0v) is 16.2. The van der Waals surface area contributed by atoms with Crippen molar-refractivity contribution in [2.75, 3.05) is 0 Å². The maximum atomic E-state index is 13.0. The number of para-hydroxylation sites is 1. The van der Waals surface area contributed by atoms with Crippen molar-refractivity contribution in [3.05, 3.63) is 79.2 Å². The minimum absolute atomic E-state index is 0.0525. The van der Waals surface area contributed by atoms with Gasteiger partial charge in [0.2, 0.25) is 0 Å². The molecule has 9 heteroatoms. The molecule has 0 spiro atoms. The highest BCUT2D eigenvalue weighted by molar-refractivity contribution is 7.07. The van der Waals surface area contributed by atoms with Crippen LogP contribution >= 0.6 is 11.3 Å². The van der Waals surface area contributed by atoms with Crippen LogP contribution in [0.3, 0.4) is 0 Å². The van der Waals surface area contributed by atoms with Gasteiger partial charge in [-0.2, -0.15) is 0 Å². The summed E-state index contributed by atoms with van der Waals surface area (Å²) in [5, 5.41) is 38.1. The first-order valence-corrected chi connectivity index (χ1v) is 9.54. The maximum Gasteiger partial charge on any atom is 0.327 e. The Balaban J connectivity index is 2.30. The minimum atomic E-state index is -1.62. The quantitative estimate of drug-likeness (QED) is 0.462. The van der Waals surface area contributed by atoms with Crippen LogP contribution in [0.4, 0.5) is 0 Å². The number of carboxylic acids is 2. The second-order valence-corrected chi connectivity index (χ2v) is 7.43. The maximum absolute atomic E-state index is 13.0. The number of hydrogen-bond donors (Lipinski definition) is 4. The van der Waals surface area contributed by atoms with Crippen LogP contribution in [0, 0.1) is 0 Å². The molecule has 2 aromatic carbocycles. The molecule has 0 saturated carbocycles. The van der Waals surface area contributed by atoms with Gasteiger partial charge in [0.05, 0.1) is 11.0 Å². The number of phenolic OH excluding ortho intramolecular Hbond substituents is 2. The monoisotopic (exact) mass is 427 g/mol. The Bertz CT molecular complexity index is 1270. The molecule has 30 heavy (non-hydrogen) atoms. The van der Waals surface area contributed by atoms with Crippen LogP contribution < -0.4 is 14.8 Å². The third kappa shape index (κ3) is 4.58. The van der Waals surface area contributed by atoms with E-state index in [4.69, 9.17) is 5.11 Å². The van der Waals surface area contributed by atoms with Gasteiger partial charge in [0.25, 0.3) is 5.56 Å². The topological polar surface area (TPSA) is 137 Å². The first kappa shape index (κ1) is 20.9. The van der Waals surface area contributed by atoms with Gasteiger partial charge in [0.15, 0.2) is 0 Å². The summed E-state index contributed by atoms with van der Waals surface area (Å²) in [4.78, 5) is 36.0. The first-order valence-electron chi connectivity index (χ1n) is 8.72. The molecule has 1 unspecified atom stereocenters. The Labute approximate surface area is 173 Å². The fraction of sp³-hybridized carbons (Fsp3) is 0.0952. The van der Waals surface area contributed by atoms with Crippen LogP contribution in [-0.4, -0.2) is 36.9 Å². The van der Waals surface area contributed by atoms with Gasteiger partial charge in [0, 0.05) is 5.56 Å². The van der Waals surface area contributed by atoms with Crippen molar-refractivity contribution in [3.8, 4) is 11.5 Å². The molecule has 1 atom stereocenters. The van der Waals surface area contributed by atoms with Crippen molar-refractivity contribution in [2.24, 2.45) is 0 Å². The molecular weight excluding hydrogens is 410 g/mol. The molecule has 0 aliphatic heterocycles. The van der Waals surface area contributed by atoms with Crippen LogP contribution in [-0.2, 0) is 9.59 Å². The fourth-order valence-electron chi connectivity index (χ4n) is 2.83. The van der Waals surface area contributed by atoms with Gasteiger partial charge >= 0.3 is 11.9 Å². The van der Waals surface area contributed by atoms with E-state index in [0.717, 1.165) is 15.9 Å². The molecule has 0 bridgehead atoms. The Kier molecular flexibility index (Phi) is 6.03. The molecule has 0 fully saturated rings. The van der Waals surface area contributed by atoms with E-state index in [9.17, 15) is 29.7 Å².